The first-order chi connectivity index (χ1) is 9.73. The molecule has 1 heterocycles. The van der Waals surface area contributed by atoms with Crippen LogP contribution in [0.1, 0.15) is 44.9 Å². The van der Waals surface area contributed by atoms with Crippen LogP contribution in [0.4, 0.5) is 5.82 Å². The number of hydrogen-bond donors (Lipinski definition) is 1. The Morgan fingerprint density at radius 3 is 2.45 bits per heavy atom. The highest BCUT2D eigenvalue weighted by Gasteiger charge is 2.52. The molecule has 106 valence electrons. The summed E-state index contributed by atoms with van der Waals surface area (Å²) in [6.07, 6.45) is 10.5. The Morgan fingerprint density at radius 1 is 1.10 bits per heavy atom. The normalized spacial score (nSPS) is 38.5. The molecule has 1 amide bonds. The van der Waals surface area contributed by atoms with E-state index in [9.17, 15) is 4.79 Å². The molecule has 1 aromatic rings. The molecule has 0 saturated heterocycles. The summed E-state index contributed by atoms with van der Waals surface area (Å²) < 4.78 is 0. The Balaban J connectivity index is 1.59. The van der Waals surface area contributed by atoms with Gasteiger partial charge in [-0.05, 0) is 62.0 Å². The molecule has 0 aromatic carbocycles. The second-order valence-electron chi connectivity index (χ2n) is 7.21. The van der Waals surface area contributed by atoms with Gasteiger partial charge in [0.05, 0.1) is 5.41 Å². The summed E-state index contributed by atoms with van der Waals surface area (Å²) >= 11 is 0. The molecule has 0 spiro atoms. The summed E-state index contributed by atoms with van der Waals surface area (Å²) in [7, 11) is 0. The lowest BCUT2D eigenvalue weighted by Crippen LogP contribution is -2.46. The second-order valence-corrected chi connectivity index (χ2v) is 7.21. The van der Waals surface area contributed by atoms with Crippen LogP contribution >= 0.6 is 0 Å². The standard InChI is InChI=1S/C17H22N2O/c20-16(19-15-3-1-2-6-18-15)17-9-12-4-5-13(10-17)8-14(7-12)11-17/h1-3,6,12-14H,4-5,7-11H2,(H,18,19,20)/t12-,13-,14?,17?/m1/s1. The van der Waals surface area contributed by atoms with Crippen LogP contribution in [-0.4, -0.2) is 10.9 Å². The van der Waals surface area contributed by atoms with Gasteiger partial charge in [-0.1, -0.05) is 18.9 Å². The molecule has 0 radical (unpaired) electrons. The van der Waals surface area contributed by atoms with E-state index in [1.54, 1.807) is 6.20 Å². The van der Waals surface area contributed by atoms with Crippen LogP contribution in [0.3, 0.4) is 0 Å². The molecule has 0 aliphatic heterocycles. The van der Waals surface area contributed by atoms with Gasteiger partial charge in [-0.2, -0.15) is 0 Å². The van der Waals surface area contributed by atoms with Gasteiger partial charge >= 0.3 is 0 Å². The van der Waals surface area contributed by atoms with Crippen LogP contribution in [0.2, 0.25) is 0 Å². The highest BCUT2D eigenvalue weighted by atomic mass is 16.2. The molecule has 4 fully saturated rings. The van der Waals surface area contributed by atoms with Gasteiger partial charge in [-0.25, -0.2) is 4.98 Å². The fourth-order valence-electron chi connectivity index (χ4n) is 5.16. The van der Waals surface area contributed by atoms with Crippen molar-refractivity contribution in [3.63, 3.8) is 0 Å². The molecule has 3 nitrogen and oxygen atoms in total. The van der Waals surface area contributed by atoms with Crippen molar-refractivity contribution in [1.29, 1.82) is 0 Å². The third kappa shape index (κ3) is 2.04. The number of nitrogens with one attached hydrogen (secondary N) is 1. The van der Waals surface area contributed by atoms with E-state index in [4.69, 9.17) is 0 Å². The predicted molar refractivity (Wildman–Crippen MR) is 78.1 cm³/mol. The quantitative estimate of drug-likeness (QED) is 0.891. The van der Waals surface area contributed by atoms with E-state index in [1.165, 1.54) is 25.7 Å². The number of nitrogens with zero attached hydrogens (tertiary/aromatic N) is 1. The van der Waals surface area contributed by atoms with Crippen molar-refractivity contribution in [2.24, 2.45) is 23.2 Å². The monoisotopic (exact) mass is 270 g/mol. The van der Waals surface area contributed by atoms with E-state index in [2.05, 4.69) is 10.3 Å². The Labute approximate surface area is 120 Å². The molecule has 4 saturated carbocycles. The molecule has 3 heteroatoms. The number of fused-ring (bicyclic) bond motifs is 1. The van der Waals surface area contributed by atoms with Crippen molar-refractivity contribution in [2.75, 3.05) is 5.32 Å². The SMILES string of the molecule is O=C(Nc1ccccn1)C12CC3C[C@@H](CC[C@H](C3)C1)C2. The first kappa shape index (κ1) is 12.4. The van der Waals surface area contributed by atoms with Crippen molar-refractivity contribution in [3.8, 4) is 0 Å². The average molecular weight is 270 g/mol. The van der Waals surface area contributed by atoms with Gasteiger partial charge in [0.1, 0.15) is 5.82 Å². The van der Waals surface area contributed by atoms with Crippen LogP contribution < -0.4 is 5.32 Å². The zero-order valence-corrected chi connectivity index (χ0v) is 11.8. The van der Waals surface area contributed by atoms with E-state index < -0.39 is 0 Å². The molecular weight excluding hydrogens is 248 g/mol. The molecular formula is C17H22N2O. The lowest BCUT2D eigenvalue weighted by Gasteiger charge is -2.46. The number of aromatic nitrogens is 1. The highest BCUT2D eigenvalue weighted by molar-refractivity contribution is 5.94. The molecule has 1 aromatic heterocycles. The molecule has 5 rings (SSSR count). The number of hydrogen-bond acceptors (Lipinski definition) is 2. The smallest absolute Gasteiger partial charge is 0.231 e. The molecule has 0 unspecified atom stereocenters. The maximum atomic E-state index is 12.9. The van der Waals surface area contributed by atoms with Crippen LogP contribution in [0, 0.1) is 23.2 Å². The van der Waals surface area contributed by atoms with Gasteiger partial charge in [-0.3, -0.25) is 4.79 Å². The van der Waals surface area contributed by atoms with Crippen molar-refractivity contribution in [1.82, 2.24) is 4.98 Å². The van der Waals surface area contributed by atoms with Crippen molar-refractivity contribution >= 4 is 11.7 Å². The molecule has 4 bridgehead atoms. The summed E-state index contributed by atoms with van der Waals surface area (Å²) in [6.45, 7) is 0. The average Bonchev–Trinajstić information content (AvgIpc) is 2.66. The maximum absolute atomic E-state index is 12.9. The van der Waals surface area contributed by atoms with Crippen LogP contribution in [0.15, 0.2) is 24.4 Å². The number of amides is 1. The minimum atomic E-state index is -0.0927. The maximum Gasteiger partial charge on any atom is 0.231 e. The summed E-state index contributed by atoms with van der Waals surface area (Å²) in [6, 6.07) is 5.69. The Morgan fingerprint density at radius 2 is 1.80 bits per heavy atom. The predicted octanol–water partition coefficient (Wildman–Crippen LogP) is 3.63. The van der Waals surface area contributed by atoms with Gasteiger partial charge in [0.25, 0.3) is 0 Å². The van der Waals surface area contributed by atoms with Crippen LogP contribution in [0.25, 0.3) is 0 Å². The first-order valence-corrected chi connectivity index (χ1v) is 7.96. The molecule has 20 heavy (non-hydrogen) atoms. The Bertz CT molecular complexity index is 497. The second kappa shape index (κ2) is 4.57. The third-order valence-corrected chi connectivity index (χ3v) is 5.74. The van der Waals surface area contributed by atoms with E-state index in [-0.39, 0.29) is 11.3 Å². The lowest BCUT2D eigenvalue weighted by atomic mass is 9.58. The number of rotatable bonds is 2. The molecule has 4 aliphatic carbocycles. The van der Waals surface area contributed by atoms with Crippen LogP contribution in [-0.2, 0) is 4.79 Å². The minimum absolute atomic E-state index is 0.0927. The lowest BCUT2D eigenvalue weighted by molar-refractivity contribution is -0.132. The third-order valence-electron chi connectivity index (χ3n) is 5.74. The minimum Gasteiger partial charge on any atom is -0.310 e. The van der Waals surface area contributed by atoms with Gasteiger partial charge in [0, 0.05) is 6.20 Å². The topological polar surface area (TPSA) is 42.0 Å². The van der Waals surface area contributed by atoms with Gasteiger partial charge in [-0.15, -0.1) is 0 Å². The fourth-order valence-corrected chi connectivity index (χ4v) is 5.16. The van der Waals surface area contributed by atoms with Gasteiger partial charge < -0.3 is 5.32 Å². The van der Waals surface area contributed by atoms with E-state index in [0.29, 0.717) is 5.82 Å². The number of anilines is 1. The number of carbonyl (C=O) groups is 1. The molecule has 4 aliphatic rings. The van der Waals surface area contributed by atoms with Crippen molar-refractivity contribution in [2.45, 2.75) is 44.9 Å². The summed E-state index contributed by atoms with van der Waals surface area (Å²) in [5.41, 5.74) is -0.0927. The first-order valence-electron chi connectivity index (χ1n) is 7.96. The van der Waals surface area contributed by atoms with Crippen molar-refractivity contribution < 1.29 is 4.79 Å². The van der Waals surface area contributed by atoms with Gasteiger partial charge in [0.2, 0.25) is 5.91 Å². The summed E-state index contributed by atoms with van der Waals surface area (Å²) in [5, 5.41) is 3.08. The van der Waals surface area contributed by atoms with Crippen LogP contribution in [0.5, 0.6) is 0 Å². The fraction of sp³-hybridized carbons (Fsp3) is 0.647. The van der Waals surface area contributed by atoms with E-state index >= 15 is 0 Å². The van der Waals surface area contributed by atoms with E-state index in [0.717, 1.165) is 37.0 Å². The number of carbonyl (C=O) groups excluding carboxylic acids is 1. The largest absolute Gasteiger partial charge is 0.310 e. The highest BCUT2D eigenvalue weighted by Crippen LogP contribution is 2.58. The number of pyridine rings is 1. The van der Waals surface area contributed by atoms with Gasteiger partial charge in [0.15, 0.2) is 0 Å². The molecule has 1 N–H and O–H groups in total. The molecule has 2 atom stereocenters. The summed E-state index contributed by atoms with van der Waals surface area (Å²) in [5.74, 6) is 3.31. The zero-order chi connectivity index (χ0) is 13.6. The zero-order valence-electron chi connectivity index (χ0n) is 11.8. The summed E-state index contributed by atoms with van der Waals surface area (Å²) in [4.78, 5) is 17.1. The van der Waals surface area contributed by atoms with Crippen molar-refractivity contribution in [3.05, 3.63) is 24.4 Å². The van der Waals surface area contributed by atoms with E-state index in [1.807, 2.05) is 18.2 Å². The Kier molecular flexibility index (Phi) is 2.83. The Hall–Kier alpha value is -1.38.